The number of hydrogen-bond donors (Lipinski definition) is 2. The standard InChI is InChI=1S/C22H30N4O3/c1-2-29-22(28)26-13-9-17(10-14-26)24-21(27)25-11-7-16(8-12-25)19-15-23-20-6-4-3-5-18(19)20/h3-6,15-17,23H,2,7-14H2,1H3,(H,24,27). The molecule has 2 aromatic rings. The molecule has 3 amide bonds. The number of H-pyrrole nitrogens is 1. The SMILES string of the molecule is CCOC(=O)N1CCC(NC(=O)N2CCC(c3c[nH]c4ccccc34)CC2)CC1. The summed E-state index contributed by atoms with van der Waals surface area (Å²) in [4.78, 5) is 31.5. The molecule has 2 aliphatic rings. The predicted molar refractivity (Wildman–Crippen MR) is 112 cm³/mol. The van der Waals surface area contributed by atoms with Gasteiger partial charge < -0.3 is 24.8 Å². The number of benzene rings is 1. The van der Waals surface area contributed by atoms with E-state index in [9.17, 15) is 9.59 Å². The Morgan fingerprint density at radius 1 is 1.07 bits per heavy atom. The summed E-state index contributed by atoms with van der Waals surface area (Å²) in [5.74, 6) is 0.489. The van der Waals surface area contributed by atoms with Crippen LogP contribution in [0.3, 0.4) is 0 Å². The monoisotopic (exact) mass is 398 g/mol. The molecule has 2 fully saturated rings. The quantitative estimate of drug-likeness (QED) is 0.828. The maximum absolute atomic E-state index is 12.7. The van der Waals surface area contributed by atoms with Crippen LogP contribution in [0.5, 0.6) is 0 Å². The fourth-order valence-corrected chi connectivity index (χ4v) is 4.51. The molecular formula is C22H30N4O3. The fraction of sp³-hybridized carbons (Fsp3) is 0.545. The van der Waals surface area contributed by atoms with Crippen molar-refractivity contribution in [1.82, 2.24) is 20.1 Å². The molecule has 3 heterocycles. The highest BCUT2D eigenvalue weighted by Crippen LogP contribution is 2.33. The van der Waals surface area contributed by atoms with Crippen LogP contribution < -0.4 is 5.32 Å². The van der Waals surface area contributed by atoms with Crippen molar-refractivity contribution < 1.29 is 14.3 Å². The molecule has 0 unspecified atom stereocenters. The summed E-state index contributed by atoms with van der Waals surface area (Å²) in [7, 11) is 0. The minimum absolute atomic E-state index is 0.0250. The van der Waals surface area contributed by atoms with Crippen LogP contribution in [0.2, 0.25) is 0 Å². The van der Waals surface area contributed by atoms with Gasteiger partial charge in [-0.05, 0) is 50.2 Å². The van der Waals surface area contributed by atoms with Crippen LogP contribution in [-0.4, -0.2) is 65.7 Å². The van der Waals surface area contributed by atoms with E-state index in [0.717, 1.165) is 38.8 Å². The first-order valence-corrected chi connectivity index (χ1v) is 10.7. The third-order valence-electron chi connectivity index (χ3n) is 6.19. The first-order chi connectivity index (χ1) is 14.2. The van der Waals surface area contributed by atoms with Crippen LogP contribution >= 0.6 is 0 Å². The van der Waals surface area contributed by atoms with Crippen LogP contribution in [0.4, 0.5) is 9.59 Å². The highest BCUT2D eigenvalue weighted by atomic mass is 16.6. The Hall–Kier alpha value is -2.70. The minimum Gasteiger partial charge on any atom is -0.450 e. The lowest BCUT2D eigenvalue weighted by Gasteiger charge is -2.35. The van der Waals surface area contributed by atoms with E-state index < -0.39 is 0 Å². The predicted octanol–water partition coefficient (Wildman–Crippen LogP) is 3.68. The highest BCUT2D eigenvalue weighted by molar-refractivity contribution is 5.83. The highest BCUT2D eigenvalue weighted by Gasteiger charge is 2.28. The van der Waals surface area contributed by atoms with Gasteiger partial charge >= 0.3 is 12.1 Å². The van der Waals surface area contributed by atoms with E-state index >= 15 is 0 Å². The number of amides is 3. The summed E-state index contributed by atoms with van der Waals surface area (Å²) < 4.78 is 5.05. The molecule has 0 spiro atoms. The number of hydrogen-bond acceptors (Lipinski definition) is 3. The van der Waals surface area contributed by atoms with Crippen molar-refractivity contribution in [1.29, 1.82) is 0 Å². The number of piperidine rings is 2. The smallest absolute Gasteiger partial charge is 0.409 e. The average molecular weight is 399 g/mol. The van der Waals surface area contributed by atoms with Crippen LogP contribution in [0, 0.1) is 0 Å². The van der Waals surface area contributed by atoms with Gasteiger partial charge in [-0.2, -0.15) is 0 Å². The zero-order valence-corrected chi connectivity index (χ0v) is 17.0. The molecule has 2 aliphatic heterocycles. The molecule has 2 saturated heterocycles. The lowest BCUT2D eigenvalue weighted by molar-refractivity contribution is 0.0948. The first-order valence-electron chi connectivity index (χ1n) is 10.7. The van der Waals surface area contributed by atoms with Crippen molar-refractivity contribution >= 4 is 23.0 Å². The van der Waals surface area contributed by atoms with Gasteiger partial charge in [0.1, 0.15) is 0 Å². The maximum Gasteiger partial charge on any atom is 0.409 e. The Morgan fingerprint density at radius 3 is 2.48 bits per heavy atom. The second-order valence-corrected chi connectivity index (χ2v) is 7.96. The van der Waals surface area contributed by atoms with Gasteiger partial charge in [-0.25, -0.2) is 9.59 Å². The van der Waals surface area contributed by atoms with Crippen molar-refractivity contribution in [3.8, 4) is 0 Å². The summed E-state index contributed by atoms with van der Waals surface area (Å²) in [5, 5.41) is 4.46. The molecule has 156 valence electrons. The van der Waals surface area contributed by atoms with Gasteiger partial charge in [0.25, 0.3) is 0 Å². The lowest BCUT2D eigenvalue weighted by atomic mass is 9.89. The number of nitrogens with zero attached hydrogens (tertiary/aromatic N) is 2. The molecular weight excluding hydrogens is 368 g/mol. The molecule has 7 nitrogen and oxygen atoms in total. The molecule has 4 rings (SSSR count). The van der Waals surface area contributed by atoms with Crippen LogP contribution in [0.25, 0.3) is 10.9 Å². The number of ether oxygens (including phenoxy) is 1. The zero-order valence-electron chi connectivity index (χ0n) is 17.0. The maximum atomic E-state index is 12.7. The largest absolute Gasteiger partial charge is 0.450 e. The summed E-state index contributed by atoms with van der Waals surface area (Å²) in [6.45, 7) is 5.02. The molecule has 0 saturated carbocycles. The third-order valence-corrected chi connectivity index (χ3v) is 6.19. The van der Waals surface area contributed by atoms with Crippen LogP contribution in [0.15, 0.2) is 30.5 Å². The molecule has 29 heavy (non-hydrogen) atoms. The minimum atomic E-state index is -0.253. The number of urea groups is 1. The van der Waals surface area contributed by atoms with E-state index in [1.165, 1.54) is 16.5 Å². The molecule has 7 heteroatoms. The molecule has 1 aromatic carbocycles. The lowest BCUT2D eigenvalue weighted by Crippen LogP contribution is -2.51. The van der Waals surface area contributed by atoms with Gasteiger partial charge in [-0.1, -0.05) is 18.2 Å². The second-order valence-electron chi connectivity index (χ2n) is 7.96. The summed E-state index contributed by atoms with van der Waals surface area (Å²) >= 11 is 0. The van der Waals surface area contributed by atoms with Gasteiger partial charge in [0.2, 0.25) is 0 Å². The summed E-state index contributed by atoms with van der Waals surface area (Å²) in [6.07, 6.45) is 5.39. The van der Waals surface area contributed by atoms with Gasteiger partial charge in [-0.3, -0.25) is 0 Å². The Kier molecular flexibility index (Phi) is 5.92. The van der Waals surface area contributed by atoms with Crippen molar-refractivity contribution in [2.24, 2.45) is 0 Å². The van der Waals surface area contributed by atoms with E-state index in [2.05, 4.69) is 34.7 Å². The van der Waals surface area contributed by atoms with Crippen LogP contribution in [-0.2, 0) is 4.74 Å². The Bertz CT molecular complexity index is 849. The molecule has 1 aromatic heterocycles. The van der Waals surface area contributed by atoms with E-state index in [4.69, 9.17) is 4.74 Å². The van der Waals surface area contributed by atoms with E-state index in [-0.39, 0.29) is 18.2 Å². The third kappa shape index (κ3) is 4.33. The van der Waals surface area contributed by atoms with Crippen LogP contribution in [0.1, 0.15) is 44.1 Å². The van der Waals surface area contributed by atoms with Crippen molar-refractivity contribution in [3.05, 3.63) is 36.0 Å². The number of carbonyl (C=O) groups is 2. The number of rotatable bonds is 3. The van der Waals surface area contributed by atoms with Gasteiger partial charge in [-0.15, -0.1) is 0 Å². The van der Waals surface area contributed by atoms with Gasteiger partial charge in [0.05, 0.1) is 6.61 Å². The number of para-hydroxylation sites is 1. The topological polar surface area (TPSA) is 77.7 Å². The average Bonchev–Trinajstić information content (AvgIpc) is 3.19. The summed E-state index contributed by atoms with van der Waals surface area (Å²) in [5.41, 5.74) is 2.55. The normalized spacial score (nSPS) is 18.8. The fourth-order valence-electron chi connectivity index (χ4n) is 4.51. The van der Waals surface area contributed by atoms with Crippen molar-refractivity contribution in [2.45, 2.75) is 44.6 Å². The number of nitrogens with one attached hydrogen (secondary N) is 2. The Balaban J connectivity index is 1.25. The van der Waals surface area contributed by atoms with Gasteiger partial charge in [0, 0.05) is 49.3 Å². The molecule has 0 bridgehead atoms. The molecule has 0 atom stereocenters. The second kappa shape index (κ2) is 8.76. The Labute approximate surface area is 171 Å². The molecule has 0 aliphatic carbocycles. The van der Waals surface area contributed by atoms with E-state index in [0.29, 0.717) is 25.6 Å². The van der Waals surface area contributed by atoms with Gasteiger partial charge in [0.15, 0.2) is 0 Å². The number of carbonyl (C=O) groups excluding carboxylic acids is 2. The Morgan fingerprint density at radius 2 is 1.76 bits per heavy atom. The van der Waals surface area contributed by atoms with E-state index in [1.807, 2.05) is 17.9 Å². The molecule has 2 N–H and O–H groups in total. The number of aromatic nitrogens is 1. The summed E-state index contributed by atoms with van der Waals surface area (Å²) in [6, 6.07) is 8.55. The molecule has 0 radical (unpaired) electrons. The van der Waals surface area contributed by atoms with E-state index in [1.54, 1.807) is 4.90 Å². The first kappa shape index (κ1) is 19.6. The van der Waals surface area contributed by atoms with Crippen molar-refractivity contribution in [3.63, 3.8) is 0 Å². The number of fused-ring (bicyclic) bond motifs is 1. The number of aromatic amines is 1. The zero-order chi connectivity index (χ0) is 20.2. The number of likely N-dealkylation sites (tertiary alicyclic amines) is 2. The van der Waals surface area contributed by atoms with Crippen molar-refractivity contribution in [2.75, 3.05) is 32.8 Å².